The first-order chi connectivity index (χ1) is 18.0. The maximum Gasteiger partial charge on any atom is 0.436 e. The summed E-state index contributed by atoms with van der Waals surface area (Å²) in [6.07, 6.45) is 0.578. The van der Waals surface area contributed by atoms with E-state index in [1.807, 2.05) is 24.3 Å². The van der Waals surface area contributed by atoms with Crippen molar-refractivity contribution in [2.75, 3.05) is 19.2 Å². The lowest BCUT2D eigenvalue weighted by Gasteiger charge is -2.26. The number of anilines is 1. The van der Waals surface area contributed by atoms with E-state index in [1.54, 1.807) is 20.0 Å². The standard InChI is InChI=1S/C26H27N5O7/c1-13-23(24(34)29(28-13)26(36)38-6)31(20(33)11-17-12-27-19-10-8-7-9-18(17)19)30-14(2)21(16(4)32)22(15(30)3)25(35)37-5/h7-10,12,27-28H,11H2,1-6H3. The molecule has 0 aliphatic carbocycles. The number of aromatic nitrogens is 4. The predicted molar refractivity (Wildman–Crippen MR) is 138 cm³/mol. The summed E-state index contributed by atoms with van der Waals surface area (Å²) in [5.74, 6) is -1.75. The number of esters is 1. The van der Waals surface area contributed by atoms with Crippen LogP contribution in [0.1, 0.15) is 50.3 Å². The Labute approximate surface area is 216 Å². The third-order valence-electron chi connectivity index (χ3n) is 6.41. The summed E-state index contributed by atoms with van der Waals surface area (Å²) in [5.41, 5.74) is 1.14. The molecule has 0 unspecified atom stereocenters. The van der Waals surface area contributed by atoms with E-state index in [4.69, 9.17) is 4.74 Å². The molecular weight excluding hydrogens is 494 g/mol. The molecule has 198 valence electrons. The molecule has 4 rings (SSSR count). The van der Waals surface area contributed by atoms with E-state index < -0.39 is 29.3 Å². The number of Topliss-reactive ketones (excluding diaryl/α,β-unsaturated/α-hetero) is 1. The van der Waals surface area contributed by atoms with Gasteiger partial charge in [-0.3, -0.25) is 24.2 Å². The van der Waals surface area contributed by atoms with Gasteiger partial charge in [0, 0.05) is 22.8 Å². The van der Waals surface area contributed by atoms with Crippen LogP contribution in [0.3, 0.4) is 0 Å². The monoisotopic (exact) mass is 521 g/mol. The van der Waals surface area contributed by atoms with E-state index in [9.17, 15) is 24.0 Å². The number of nitrogens with one attached hydrogen (secondary N) is 2. The summed E-state index contributed by atoms with van der Waals surface area (Å²) < 4.78 is 11.6. The van der Waals surface area contributed by atoms with E-state index in [0.717, 1.165) is 23.0 Å². The molecule has 3 aromatic heterocycles. The molecule has 0 fully saturated rings. The predicted octanol–water partition coefficient (Wildman–Crippen LogP) is 3.03. The second-order valence-corrected chi connectivity index (χ2v) is 8.72. The molecule has 1 amide bonds. The molecule has 0 spiro atoms. The topological polar surface area (TPSA) is 148 Å². The molecule has 0 saturated heterocycles. The second-order valence-electron chi connectivity index (χ2n) is 8.72. The molecule has 12 heteroatoms. The van der Waals surface area contributed by atoms with Crippen molar-refractivity contribution in [3.8, 4) is 0 Å². The summed E-state index contributed by atoms with van der Waals surface area (Å²) in [4.78, 5) is 68.1. The lowest BCUT2D eigenvalue weighted by Crippen LogP contribution is -2.42. The highest BCUT2D eigenvalue weighted by Gasteiger charge is 2.34. The molecule has 3 heterocycles. The third-order valence-corrected chi connectivity index (χ3v) is 6.41. The van der Waals surface area contributed by atoms with Gasteiger partial charge >= 0.3 is 17.6 Å². The van der Waals surface area contributed by atoms with Gasteiger partial charge in [0.1, 0.15) is 0 Å². The largest absolute Gasteiger partial charge is 0.465 e. The van der Waals surface area contributed by atoms with Gasteiger partial charge in [0.25, 0.3) is 5.91 Å². The number of rotatable bonds is 6. The molecular formula is C26H27N5O7. The zero-order valence-corrected chi connectivity index (χ0v) is 21.8. The Morgan fingerprint density at radius 1 is 0.974 bits per heavy atom. The van der Waals surface area contributed by atoms with Gasteiger partial charge in [-0.05, 0) is 39.3 Å². The Morgan fingerprint density at radius 3 is 2.26 bits per heavy atom. The SMILES string of the molecule is COC(=O)c1c(C(C)=O)c(C)n(N(C(=O)Cc2c[nH]c3ccccc23)c2c(C)[nH]n(C(=O)OC)c2=O)c1C. The van der Waals surface area contributed by atoms with Crippen molar-refractivity contribution in [3.63, 3.8) is 0 Å². The van der Waals surface area contributed by atoms with Crippen molar-refractivity contribution >= 4 is 40.3 Å². The van der Waals surface area contributed by atoms with Crippen LogP contribution in [0.25, 0.3) is 10.9 Å². The van der Waals surface area contributed by atoms with Crippen LogP contribution in [0.2, 0.25) is 0 Å². The zero-order chi connectivity index (χ0) is 27.9. The number of para-hydroxylation sites is 1. The van der Waals surface area contributed by atoms with Crippen molar-refractivity contribution in [2.24, 2.45) is 0 Å². The van der Waals surface area contributed by atoms with E-state index >= 15 is 0 Å². The van der Waals surface area contributed by atoms with E-state index in [2.05, 4.69) is 14.8 Å². The highest BCUT2D eigenvalue weighted by atomic mass is 16.5. The first kappa shape index (κ1) is 26.2. The Hall–Kier alpha value is -4.87. The number of amides is 1. The van der Waals surface area contributed by atoms with Crippen molar-refractivity contribution in [3.05, 3.63) is 74.6 Å². The molecule has 0 saturated carbocycles. The maximum atomic E-state index is 14.1. The van der Waals surface area contributed by atoms with Gasteiger partial charge in [-0.15, -0.1) is 4.68 Å². The molecule has 4 aromatic rings. The average molecular weight is 522 g/mol. The minimum Gasteiger partial charge on any atom is -0.465 e. The molecule has 0 radical (unpaired) electrons. The molecule has 1 aromatic carbocycles. The van der Waals surface area contributed by atoms with Crippen LogP contribution in [0.15, 0.2) is 35.3 Å². The second kappa shape index (κ2) is 9.88. The number of hydrogen-bond donors (Lipinski definition) is 2. The molecule has 12 nitrogen and oxygen atoms in total. The number of fused-ring (bicyclic) bond motifs is 1. The third kappa shape index (κ3) is 4.09. The number of methoxy groups -OCH3 is 2. The van der Waals surface area contributed by atoms with E-state index in [0.29, 0.717) is 10.2 Å². The first-order valence-electron chi connectivity index (χ1n) is 11.6. The number of hydrogen-bond acceptors (Lipinski definition) is 7. The fourth-order valence-corrected chi connectivity index (χ4v) is 4.77. The number of ketones is 1. The van der Waals surface area contributed by atoms with Crippen LogP contribution in [-0.2, 0) is 20.7 Å². The zero-order valence-electron chi connectivity index (χ0n) is 21.8. The first-order valence-corrected chi connectivity index (χ1v) is 11.6. The number of aromatic amines is 2. The summed E-state index contributed by atoms with van der Waals surface area (Å²) in [5, 5.41) is 4.53. The van der Waals surface area contributed by atoms with E-state index in [1.165, 1.54) is 25.6 Å². The minimum atomic E-state index is -0.978. The van der Waals surface area contributed by atoms with Gasteiger partial charge in [0.15, 0.2) is 11.5 Å². The Kier molecular flexibility index (Phi) is 6.81. The number of ether oxygens (including phenoxy) is 2. The van der Waals surface area contributed by atoms with Crippen molar-refractivity contribution in [1.82, 2.24) is 19.4 Å². The van der Waals surface area contributed by atoms with Gasteiger partial charge < -0.3 is 14.5 Å². The number of carbonyl (C=O) groups is 4. The van der Waals surface area contributed by atoms with Gasteiger partial charge in [-0.25, -0.2) is 14.6 Å². The fraction of sp³-hybridized carbons (Fsp3) is 0.269. The van der Waals surface area contributed by atoms with Crippen LogP contribution in [-0.4, -0.2) is 57.4 Å². The van der Waals surface area contributed by atoms with Crippen LogP contribution in [0, 0.1) is 20.8 Å². The molecule has 0 bridgehead atoms. The number of benzene rings is 1. The average Bonchev–Trinajstić information content (AvgIpc) is 3.51. The van der Waals surface area contributed by atoms with Gasteiger partial charge in [-0.2, -0.15) is 0 Å². The lowest BCUT2D eigenvalue weighted by molar-refractivity contribution is -0.118. The Morgan fingerprint density at radius 2 is 1.63 bits per heavy atom. The van der Waals surface area contributed by atoms with Gasteiger partial charge in [0.2, 0.25) is 0 Å². The molecule has 0 aliphatic rings. The summed E-state index contributed by atoms with van der Waals surface area (Å²) in [7, 11) is 2.30. The van der Waals surface area contributed by atoms with Gasteiger partial charge in [-0.1, -0.05) is 18.2 Å². The van der Waals surface area contributed by atoms with Crippen LogP contribution in [0.5, 0.6) is 0 Å². The lowest BCUT2D eigenvalue weighted by atomic mass is 10.1. The number of H-pyrrole nitrogens is 2. The fourth-order valence-electron chi connectivity index (χ4n) is 4.77. The van der Waals surface area contributed by atoms with E-state index in [-0.39, 0.29) is 40.3 Å². The number of aryl methyl sites for hydroxylation is 1. The van der Waals surface area contributed by atoms with Crippen LogP contribution >= 0.6 is 0 Å². The molecule has 38 heavy (non-hydrogen) atoms. The maximum absolute atomic E-state index is 14.1. The summed E-state index contributed by atoms with van der Waals surface area (Å²) in [6.45, 7) is 5.91. The highest BCUT2D eigenvalue weighted by Crippen LogP contribution is 2.29. The van der Waals surface area contributed by atoms with Crippen molar-refractivity contribution in [1.29, 1.82) is 0 Å². The highest BCUT2D eigenvalue weighted by molar-refractivity contribution is 6.08. The minimum absolute atomic E-state index is 0.0242. The summed E-state index contributed by atoms with van der Waals surface area (Å²) in [6, 6.07) is 7.43. The van der Waals surface area contributed by atoms with Crippen molar-refractivity contribution < 1.29 is 28.7 Å². The van der Waals surface area contributed by atoms with Crippen molar-refractivity contribution in [2.45, 2.75) is 34.1 Å². The summed E-state index contributed by atoms with van der Waals surface area (Å²) >= 11 is 0. The Bertz CT molecular complexity index is 1670. The molecule has 0 atom stereocenters. The van der Waals surface area contributed by atoms with Crippen LogP contribution < -0.4 is 10.6 Å². The van der Waals surface area contributed by atoms with Gasteiger partial charge in [0.05, 0.1) is 43.2 Å². The smallest absolute Gasteiger partial charge is 0.436 e. The normalized spacial score (nSPS) is 11.0. The molecule has 2 N–H and O–H groups in total. The number of carbonyl (C=O) groups excluding carboxylic acids is 4. The Balaban J connectivity index is 1.99. The van der Waals surface area contributed by atoms with Crippen LogP contribution in [0.4, 0.5) is 10.5 Å². The quantitative estimate of drug-likeness (QED) is 0.293. The molecule has 0 aliphatic heterocycles. The number of nitrogens with zero attached hydrogens (tertiary/aromatic N) is 3.